The Kier molecular flexibility index (Phi) is 1.81. The highest BCUT2D eigenvalue weighted by Crippen LogP contribution is 2.22. The third kappa shape index (κ3) is 1.03. The molecule has 0 aromatic heterocycles. The van der Waals surface area contributed by atoms with Gasteiger partial charge in [0.2, 0.25) is 0 Å². The highest BCUT2D eigenvalue weighted by molar-refractivity contribution is 5.64. The normalized spacial score (nSPS) is 8.00. The van der Waals surface area contributed by atoms with Crippen LogP contribution < -0.4 is 0 Å². The second-order valence-corrected chi connectivity index (χ2v) is 1.65. The van der Waals surface area contributed by atoms with Crippen LogP contribution in [0.3, 0.4) is 0 Å². The van der Waals surface area contributed by atoms with E-state index in [2.05, 4.69) is 35.6 Å². The SMILES string of the molecule is C=Nc1c#cccc1N=C. The van der Waals surface area contributed by atoms with Gasteiger partial charge in [0.1, 0.15) is 5.69 Å². The van der Waals surface area contributed by atoms with E-state index in [1.807, 2.05) is 0 Å². The zero-order chi connectivity index (χ0) is 7.40. The van der Waals surface area contributed by atoms with Crippen molar-refractivity contribution in [3.8, 4) is 0 Å². The lowest BCUT2D eigenvalue weighted by Gasteiger charge is -1.90. The maximum absolute atomic E-state index is 3.71. The van der Waals surface area contributed by atoms with E-state index in [0.717, 1.165) is 0 Å². The fourth-order valence-electron chi connectivity index (χ4n) is 0.622. The van der Waals surface area contributed by atoms with Gasteiger partial charge in [0.15, 0.2) is 0 Å². The minimum atomic E-state index is 0.595. The molecule has 0 aliphatic rings. The molecule has 0 heterocycles. The lowest BCUT2D eigenvalue weighted by Crippen LogP contribution is -1.61. The van der Waals surface area contributed by atoms with Gasteiger partial charge >= 0.3 is 0 Å². The molecule has 0 radical (unpaired) electrons. The highest BCUT2D eigenvalue weighted by Gasteiger charge is 1.91. The quantitative estimate of drug-likeness (QED) is 0.546. The molecule has 48 valence electrons. The van der Waals surface area contributed by atoms with Crippen LogP contribution in [-0.2, 0) is 0 Å². The topological polar surface area (TPSA) is 24.7 Å². The molecule has 1 rings (SSSR count). The molecule has 0 spiro atoms. The Morgan fingerprint density at radius 3 is 2.60 bits per heavy atom. The van der Waals surface area contributed by atoms with Gasteiger partial charge in [-0.3, -0.25) is 9.98 Å². The van der Waals surface area contributed by atoms with Crippen LogP contribution in [0.4, 0.5) is 11.4 Å². The third-order valence-electron chi connectivity index (χ3n) is 1.09. The molecule has 0 atom stereocenters. The third-order valence-corrected chi connectivity index (χ3v) is 1.09. The van der Waals surface area contributed by atoms with E-state index in [4.69, 9.17) is 0 Å². The summed E-state index contributed by atoms with van der Waals surface area (Å²) in [4.78, 5) is 7.38. The summed E-state index contributed by atoms with van der Waals surface area (Å²) in [6.45, 7) is 6.72. The maximum Gasteiger partial charge on any atom is 0.138 e. The molecule has 0 aliphatic heterocycles. The van der Waals surface area contributed by atoms with Crippen molar-refractivity contribution >= 4 is 24.8 Å². The first kappa shape index (κ1) is 6.50. The second kappa shape index (κ2) is 2.79. The molecule has 0 fully saturated rings. The largest absolute Gasteiger partial charge is 0.262 e. The molecule has 2 heteroatoms. The standard InChI is InChI=1S/C8H6N2/c1-9-7-5-3-4-6-8(7)10-2/h3,5H,1-2H2. The Hall–Kier alpha value is -1.62. The van der Waals surface area contributed by atoms with E-state index >= 15 is 0 Å². The highest BCUT2D eigenvalue weighted by atomic mass is 14.8. The van der Waals surface area contributed by atoms with Crippen LogP contribution in [0.2, 0.25) is 0 Å². The molecular formula is C8H6N2. The van der Waals surface area contributed by atoms with Crippen molar-refractivity contribution in [2.24, 2.45) is 9.98 Å². The van der Waals surface area contributed by atoms with E-state index in [1.54, 1.807) is 12.1 Å². The average molecular weight is 130 g/mol. The summed E-state index contributed by atoms with van der Waals surface area (Å²) in [6.07, 6.45) is 0. The molecule has 0 amide bonds. The van der Waals surface area contributed by atoms with Crippen molar-refractivity contribution in [1.29, 1.82) is 0 Å². The van der Waals surface area contributed by atoms with Crippen molar-refractivity contribution < 1.29 is 0 Å². The van der Waals surface area contributed by atoms with E-state index in [0.29, 0.717) is 11.4 Å². The van der Waals surface area contributed by atoms with Gasteiger partial charge in [-0.15, -0.1) is 0 Å². The van der Waals surface area contributed by atoms with Crippen molar-refractivity contribution in [2.45, 2.75) is 0 Å². The number of hydrogen-bond donors (Lipinski definition) is 0. The summed E-state index contributed by atoms with van der Waals surface area (Å²) in [7, 11) is 0. The predicted molar refractivity (Wildman–Crippen MR) is 42.5 cm³/mol. The first-order valence-corrected chi connectivity index (χ1v) is 2.74. The fourth-order valence-corrected chi connectivity index (χ4v) is 0.622. The fraction of sp³-hybridized carbons (Fsp3) is 0. The van der Waals surface area contributed by atoms with Crippen LogP contribution in [0.15, 0.2) is 22.1 Å². The Morgan fingerprint density at radius 2 is 2.10 bits per heavy atom. The minimum Gasteiger partial charge on any atom is -0.262 e. The van der Waals surface area contributed by atoms with Crippen LogP contribution in [-0.4, -0.2) is 13.4 Å². The Morgan fingerprint density at radius 1 is 1.30 bits per heavy atom. The van der Waals surface area contributed by atoms with Crippen LogP contribution in [0.1, 0.15) is 0 Å². The summed E-state index contributed by atoms with van der Waals surface area (Å²) in [5.41, 5.74) is 1.28. The smallest absolute Gasteiger partial charge is 0.138 e. The van der Waals surface area contributed by atoms with E-state index in [-0.39, 0.29) is 0 Å². The molecule has 0 N–H and O–H groups in total. The summed E-state index contributed by atoms with van der Waals surface area (Å²) in [5, 5.41) is 0. The van der Waals surface area contributed by atoms with Crippen molar-refractivity contribution in [3.05, 3.63) is 24.3 Å². The number of nitrogens with zero attached hydrogens (tertiary/aromatic N) is 2. The lowest BCUT2D eigenvalue weighted by molar-refractivity contribution is 1.49. The minimum absolute atomic E-state index is 0.595. The van der Waals surface area contributed by atoms with E-state index in [1.165, 1.54) is 0 Å². The first-order chi connectivity index (χ1) is 4.88. The van der Waals surface area contributed by atoms with Crippen LogP contribution in [0.5, 0.6) is 0 Å². The summed E-state index contributed by atoms with van der Waals surface area (Å²) < 4.78 is 0. The van der Waals surface area contributed by atoms with Gasteiger partial charge in [-0.25, -0.2) is 0 Å². The molecule has 0 saturated heterocycles. The molecule has 1 aromatic carbocycles. The molecule has 0 aliphatic carbocycles. The zero-order valence-electron chi connectivity index (χ0n) is 5.46. The maximum atomic E-state index is 3.71. The number of aliphatic imine (C=N–C) groups is 2. The molecule has 0 unspecified atom stereocenters. The van der Waals surface area contributed by atoms with E-state index < -0.39 is 0 Å². The summed E-state index contributed by atoms with van der Waals surface area (Å²) in [6, 6.07) is 8.95. The molecular weight excluding hydrogens is 124 g/mol. The average Bonchev–Trinajstić information content (AvgIpc) is 2.04. The summed E-state index contributed by atoms with van der Waals surface area (Å²) in [5.74, 6) is 0. The monoisotopic (exact) mass is 130 g/mol. The lowest BCUT2D eigenvalue weighted by atomic mass is 10.3. The van der Waals surface area contributed by atoms with Crippen molar-refractivity contribution in [1.82, 2.24) is 0 Å². The number of rotatable bonds is 2. The Labute approximate surface area is 60.0 Å². The van der Waals surface area contributed by atoms with Crippen LogP contribution >= 0.6 is 0 Å². The zero-order valence-corrected chi connectivity index (χ0v) is 5.46. The van der Waals surface area contributed by atoms with Crippen LogP contribution in [0, 0.1) is 12.1 Å². The Bertz CT molecular complexity index is 226. The van der Waals surface area contributed by atoms with Gasteiger partial charge in [0, 0.05) is 0 Å². The molecule has 1 aromatic rings. The van der Waals surface area contributed by atoms with Gasteiger partial charge in [-0.2, -0.15) is 0 Å². The van der Waals surface area contributed by atoms with Gasteiger partial charge in [0.25, 0.3) is 0 Å². The van der Waals surface area contributed by atoms with Gasteiger partial charge < -0.3 is 0 Å². The predicted octanol–water partition coefficient (Wildman–Crippen LogP) is 1.95. The number of hydrogen-bond acceptors (Lipinski definition) is 2. The first-order valence-electron chi connectivity index (χ1n) is 2.74. The van der Waals surface area contributed by atoms with Gasteiger partial charge in [0.05, 0.1) is 5.69 Å². The van der Waals surface area contributed by atoms with Crippen molar-refractivity contribution in [2.75, 3.05) is 0 Å². The van der Waals surface area contributed by atoms with Crippen LogP contribution in [0.25, 0.3) is 0 Å². The molecule has 2 nitrogen and oxygen atoms in total. The Balaban J connectivity index is 3.20. The van der Waals surface area contributed by atoms with Gasteiger partial charge in [-0.1, -0.05) is 6.07 Å². The van der Waals surface area contributed by atoms with Gasteiger partial charge in [-0.05, 0) is 31.6 Å². The molecule has 10 heavy (non-hydrogen) atoms. The molecule has 0 bridgehead atoms. The summed E-state index contributed by atoms with van der Waals surface area (Å²) >= 11 is 0. The van der Waals surface area contributed by atoms with E-state index in [9.17, 15) is 0 Å². The second-order valence-electron chi connectivity index (χ2n) is 1.65. The van der Waals surface area contributed by atoms with Crippen molar-refractivity contribution in [3.63, 3.8) is 0 Å². The molecule has 0 saturated carbocycles.